The fourth-order valence-corrected chi connectivity index (χ4v) is 2.43. The van der Waals surface area contributed by atoms with Gasteiger partial charge in [-0.2, -0.15) is 0 Å². The number of hydrogen-bond acceptors (Lipinski definition) is 3. The minimum Gasteiger partial charge on any atom is -0.320 e. The molecule has 0 aliphatic carbocycles. The molecule has 3 heteroatoms. The van der Waals surface area contributed by atoms with Crippen molar-refractivity contribution in [2.24, 2.45) is 5.73 Å². The molecule has 14 heavy (non-hydrogen) atoms. The van der Waals surface area contributed by atoms with Crippen molar-refractivity contribution in [2.45, 2.75) is 52.5 Å². The maximum absolute atomic E-state index is 6.04. The first-order chi connectivity index (χ1) is 6.49. The van der Waals surface area contributed by atoms with Crippen LogP contribution in [0.4, 0.5) is 0 Å². The summed E-state index contributed by atoms with van der Waals surface area (Å²) in [4.78, 5) is 6.04. The molecule has 1 rings (SSSR count). The van der Waals surface area contributed by atoms with Gasteiger partial charge in [0, 0.05) is 4.88 Å². The number of hydrogen-bond donors (Lipinski definition) is 1. The maximum Gasteiger partial charge on any atom is 0.112 e. The lowest BCUT2D eigenvalue weighted by atomic mass is 10.1. The number of aromatic nitrogens is 1. The van der Waals surface area contributed by atoms with Crippen molar-refractivity contribution in [3.05, 3.63) is 15.6 Å². The standard InChI is InChI=1S/C11H20N2S/c1-5-7-8-9(6-2)14-10(13-8)11(3,4)12/h5-7,12H2,1-4H3. The Labute approximate surface area is 90.6 Å². The van der Waals surface area contributed by atoms with E-state index in [1.54, 1.807) is 11.3 Å². The molecule has 1 heterocycles. The normalized spacial score (nSPS) is 12.1. The smallest absolute Gasteiger partial charge is 0.112 e. The van der Waals surface area contributed by atoms with E-state index in [0.717, 1.165) is 24.3 Å². The monoisotopic (exact) mass is 212 g/mol. The molecule has 0 aliphatic rings. The molecule has 0 aliphatic heterocycles. The summed E-state index contributed by atoms with van der Waals surface area (Å²) >= 11 is 1.77. The summed E-state index contributed by atoms with van der Waals surface area (Å²) in [5.74, 6) is 0. The molecular formula is C11H20N2S. The first-order valence-electron chi connectivity index (χ1n) is 5.27. The molecule has 0 aromatic carbocycles. The van der Waals surface area contributed by atoms with Crippen LogP contribution in [0.25, 0.3) is 0 Å². The Hall–Kier alpha value is -0.410. The van der Waals surface area contributed by atoms with E-state index in [-0.39, 0.29) is 5.54 Å². The van der Waals surface area contributed by atoms with Gasteiger partial charge in [0.1, 0.15) is 5.01 Å². The lowest BCUT2D eigenvalue weighted by Gasteiger charge is -2.13. The second-order valence-electron chi connectivity index (χ2n) is 4.21. The molecule has 0 fully saturated rings. The Morgan fingerprint density at radius 1 is 1.36 bits per heavy atom. The van der Waals surface area contributed by atoms with Crippen molar-refractivity contribution in [3.63, 3.8) is 0 Å². The van der Waals surface area contributed by atoms with E-state index in [4.69, 9.17) is 5.73 Å². The largest absolute Gasteiger partial charge is 0.320 e. The van der Waals surface area contributed by atoms with Crippen LogP contribution in [0.2, 0.25) is 0 Å². The quantitative estimate of drug-likeness (QED) is 0.833. The molecule has 0 amide bonds. The third-order valence-electron chi connectivity index (χ3n) is 2.14. The highest BCUT2D eigenvalue weighted by atomic mass is 32.1. The number of rotatable bonds is 4. The minimum absolute atomic E-state index is 0.291. The maximum atomic E-state index is 6.04. The van der Waals surface area contributed by atoms with E-state index in [0.29, 0.717) is 0 Å². The molecule has 0 bridgehead atoms. The molecule has 0 unspecified atom stereocenters. The molecule has 0 saturated heterocycles. The summed E-state index contributed by atoms with van der Waals surface area (Å²) in [6, 6.07) is 0. The summed E-state index contributed by atoms with van der Waals surface area (Å²) in [6.45, 7) is 8.40. The van der Waals surface area contributed by atoms with Crippen molar-refractivity contribution >= 4 is 11.3 Å². The third kappa shape index (κ3) is 2.55. The molecule has 0 radical (unpaired) electrons. The van der Waals surface area contributed by atoms with Crippen LogP contribution in [-0.2, 0) is 18.4 Å². The lowest BCUT2D eigenvalue weighted by Crippen LogP contribution is -2.28. The van der Waals surface area contributed by atoms with Crippen LogP contribution in [0, 0.1) is 0 Å². The summed E-state index contributed by atoms with van der Waals surface area (Å²) in [5, 5.41) is 1.07. The zero-order chi connectivity index (χ0) is 10.8. The van der Waals surface area contributed by atoms with Crippen molar-refractivity contribution < 1.29 is 0 Å². The number of aryl methyl sites for hydroxylation is 2. The first kappa shape index (κ1) is 11.7. The fraction of sp³-hybridized carbons (Fsp3) is 0.727. The lowest BCUT2D eigenvalue weighted by molar-refractivity contribution is 0.548. The van der Waals surface area contributed by atoms with Gasteiger partial charge in [-0.1, -0.05) is 20.3 Å². The van der Waals surface area contributed by atoms with Gasteiger partial charge >= 0.3 is 0 Å². The Morgan fingerprint density at radius 3 is 2.43 bits per heavy atom. The van der Waals surface area contributed by atoms with Crippen molar-refractivity contribution in [1.82, 2.24) is 4.98 Å². The summed E-state index contributed by atoms with van der Waals surface area (Å²) < 4.78 is 0. The van der Waals surface area contributed by atoms with E-state index >= 15 is 0 Å². The molecule has 2 N–H and O–H groups in total. The highest BCUT2D eigenvalue weighted by Crippen LogP contribution is 2.27. The molecule has 0 saturated carbocycles. The van der Waals surface area contributed by atoms with Gasteiger partial charge in [0.15, 0.2) is 0 Å². The van der Waals surface area contributed by atoms with Crippen LogP contribution < -0.4 is 5.73 Å². The Balaban J connectivity index is 3.00. The molecule has 2 nitrogen and oxygen atoms in total. The van der Waals surface area contributed by atoms with Crippen LogP contribution >= 0.6 is 11.3 Å². The van der Waals surface area contributed by atoms with Crippen LogP contribution in [0.15, 0.2) is 0 Å². The van der Waals surface area contributed by atoms with E-state index in [1.807, 2.05) is 13.8 Å². The van der Waals surface area contributed by atoms with Crippen molar-refractivity contribution in [2.75, 3.05) is 0 Å². The molecule has 1 aromatic rings. The van der Waals surface area contributed by atoms with E-state index in [9.17, 15) is 0 Å². The first-order valence-corrected chi connectivity index (χ1v) is 6.08. The molecule has 0 spiro atoms. The zero-order valence-corrected chi connectivity index (χ0v) is 10.4. The van der Waals surface area contributed by atoms with E-state index < -0.39 is 0 Å². The summed E-state index contributed by atoms with van der Waals surface area (Å²) in [6.07, 6.45) is 3.31. The van der Waals surface area contributed by atoms with Gasteiger partial charge in [0.05, 0.1) is 11.2 Å². The van der Waals surface area contributed by atoms with Crippen LogP contribution in [-0.4, -0.2) is 4.98 Å². The van der Waals surface area contributed by atoms with Crippen LogP contribution in [0.3, 0.4) is 0 Å². The van der Waals surface area contributed by atoms with Gasteiger partial charge < -0.3 is 5.73 Å². The third-order valence-corrected chi connectivity index (χ3v) is 3.72. The Bertz CT molecular complexity index is 297. The van der Waals surface area contributed by atoms with E-state index in [1.165, 1.54) is 10.6 Å². The second kappa shape index (κ2) is 4.41. The number of nitrogens with zero attached hydrogens (tertiary/aromatic N) is 1. The van der Waals surface area contributed by atoms with Crippen molar-refractivity contribution in [1.29, 1.82) is 0 Å². The second-order valence-corrected chi connectivity index (χ2v) is 5.30. The predicted octanol–water partition coefficient (Wildman–Crippen LogP) is 2.85. The average molecular weight is 212 g/mol. The molecule has 1 aromatic heterocycles. The topological polar surface area (TPSA) is 38.9 Å². The average Bonchev–Trinajstić information content (AvgIpc) is 2.47. The number of nitrogens with two attached hydrogens (primary N) is 1. The minimum atomic E-state index is -0.291. The van der Waals surface area contributed by atoms with E-state index in [2.05, 4.69) is 18.8 Å². The van der Waals surface area contributed by atoms with Gasteiger partial charge in [-0.05, 0) is 26.7 Å². The highest BCUT2D eigenvalue weighted by molar-refractivity contribution is 7.11. The summed E-state index contributed by atoms with van der Waals surface area (Å²) in [7, 11) is 0. The van der Waals surface area contributed by atoms with Crippen LogP contribution in [0.5, 0.6) is 0 Å². The molecular weight excluding hydrogens is 192 g/mol. The van der Waals surface area contributed by atoms with Gasteiger partial charge in [-0.3, -0.25) is 0 Å². The number of thiazole rings is 1. The van der Waals surface area contributed by atoms with Crippen molar-refractivity contribution in [3.8, 4) is 0 Å². The Kier molecular flexibility index (Phi) is 3.67. The Morgan fingerprint density at radius 2 is 2.00 bits per heavy atom. The van der Waals surface area contributed by atoms with Gasteiger partial charge in [-0.15, -0.1) is 11.3 Å². The highest BCUT2D eigenvalue weighted by Gasteiger charge is 2.20. The van der Waals surface area contributed by atoms with Gasteiger partial charge in [0.2, 0.25) is 0 Å². The van der Waals surface area contributed by atoms with Gasteiger partial charge in [0.25, 0.3) is 0 Å². The van der Waals surface area contributed by atoms with Crippen LogP contribution in [0.1, 0.15) is 49.7 Å². The fourth-order valence-electron chi connectivity index (χ4n) is 1.37. The predicted molar refractivity (Wildman–Crippen MR) is 62.7 cm³/mol. The van der Waals surface area contributed by atoms with Gasteiger partial charge in [-0.25, -0.2) is 4.98 Å². The molecule has 80 valence electrons. The molecule has 0 atom stereocenters. The summed E-state index contributed by atoms with van der Waals surface area (Å²) in [5.41, 5.74) is 7.00. The zero-order valence-electron chi connectivity index (χ0n) is 9.55. The SMILES string of the molecule is CCCc1nc(C(C)(C)N)sc1CC.